The predicted molar refractivity (Wildman–Crippen MR) is 92.1 cm³/mol. The Morgan fingerprint density at radius 3 is 2.86 bits per heavy atom. The fourth-order valence-electron chi connectivity index (χ4n) is 3.30. The number of aryl methyl sites for hydroxylation is 1. The molecule has 3 heteroatoms. The predicted octanol–water partition coefficient (Wildman–Crippen LogP) is 2.81. The van der Waals surface area contributed by atoms with Gasteiger partial charge in [-0.2, -0.15) is 0 Å². The minimum Gasteiger partial charge on any atom is -0.370 e. The normalized spacial score (nSPS) is 21.3. The lowest BCUT2D eigenvalue weighted by atomic mass is 9.98. The molecule has 0 radical (unpaired) electrons. The highest BCUT2D eigenvalue weighted by molar-refractivity contribution is 5.55. The molecule has 0 saturated carbocycles. The summed E-state index contributed by atoms with van der Waals surface area (Å²) in [5.41, 5.74) is 10.3. The van der Waals surface area contributed by atoms with Gasteiger partial charge in [0, 0.05) is 31.4 Å². The van der Waals surface area contributed by atoms with Gasteiger partial charge in [0.15, 0.2) is 0 Å². The molecule has 0 aliphatic carbocycles. The minimum atomic E-state index is 0.257. The first-order valence-electron chi connectivity index (χ1n) is 8.27. The molecule has 2 atom stereocenters. The fourth-order valence-corrected chi connectivity index (χ4v) is 3.30. The van der Waals surface area contributed by atoms with E-state index >= 15 is 0 Å². The second-order valence-corrected chi connectivity index (χ2v) is 6.67. The maximum Gasteiger partial charge on any atom is 0.0414 e. The maximum absolute atomic E-state index is 6.20. The third-order valence-electron chi connectivity index (χ3n) is 4.77. The SMILES string of the molecule is CCC(N)Cc1cc(C)ccc1N(C)C1CCCN(C)C1. The van der Waals surface area contributed by atoms with E-state index in [-0.39, 0.29) is 6.04 Å². The molecule has 2 rings (SSSR count). The molecule has 118 valence electrons. The molecule has 2 unspecified atom stereocenters. The monoisotopic (exact) mass is 289 g/mol. The molecule has 0 amide bonds. The molecular formula is C18H31N3. The standard InChI is InChI=1S/C18H31N3/c1-5-16(19)12-15-11-14(2)8-9-18(15)21(4)17-7-6-10-20(3)13-17/h8-9,11,16-17H,5-7,10,12-13,19H2,1-4H3. The van der Waals surface area contributed by atoms with Crippen LogP contribution in [0.1, 0.15) is 37.3 Å². The summed E-state index contributed by atoms with van der Waals surface area (Å²) < 4.78 is 0. The number of nitrogens with zero attached hydrogens (tertiary/aromatic N) is 2. The summed E-state index contributed by atoms with van der Waals surface area (Å²) in [6.07, 6.45) is 4.58. The third-order valence-corrected chi connectivity index (χ3v) is 4.77. The van der Waals surface area contributed by atoms with E-state index in [1.54, 1.807) is 0 Å². The zero-order valence-electron chi connectivity index (χ0n) is 14.1. The molecule has 1 aromatic rings. The Morgan fingerprint density at radius 2 is 2.19 bits per heavy atom. The number of nitrogens with two attached hydrogens (primary N) is 1. The van der Waals surface area contributed by atoms with Crippen molar-refractivity contribution in [3.05, 3.63) is 29.3 Å². The lowest BCUT2D eigenvalue weighted by molar-refractivity contribution is 0.248. The van der Waals surface area contributed by atoms with Crippen LogP contribution in [0.4, 0.5) is 5.69 Å². The van der Waals surface area contributed by atoms with Crippen molar-refractivity contribution in [3.63, 3.8) is 0 Å². The van der Waals surface area contributed by atoms with E-state index in [0.29, 0.717) is 6.04 Å². The number of likely N-dealkylation sites (tertiary alicyclic amines) is 1. The third kappa shape index (κ3) is 4.21. The lowest BCUT2D eigenvalue weighted by Crippen LogP contribution is -2.45. The molecule has 0 spiro atoms. The summed E-state index contributed by atoms with van der Waals surface area (Å²) in [5.74, 6) is 0. The Morgan fingerprint density at radius 1 is 1.43 bits per heavy atom. The van der Waals surface area contributed by atoms with E-state index < -0.39 is 0 Å². The quantitative estimate of drug-likeness (QED) is 0.904. The van der Waals surface area contributed by atoms with Crippen LogP contribution in [0.15, 0.2) is 18.2 Å². The van der Waals surface area contributed by atoms with Crippen LogP contribution >= 0.6 is 0 Å². The molecule has 1 aliphatic rings. The molecule has 1 heterocycles. The van der Waals surface area contributed by atoms with Gasteiger partial charge in [-0.15, -0.1) is 0 Å². The Bertz CT molecular complexity index is 458. The fraction of sp³-hybridized carbons (Fsp3) is 0.667. The number of piperidine rings is 1. The van der Waals surface area contributed by atoms with Crippen LogP contribution in [0.5, 0.6) is 0 Å². The smallest absolute Gasteiger partial charge is 0.0414 e. The van der Waals surface area contributed by atoms with Crippen LogP contribution in [-0.2, 0) is 6.42 Å². The van der Waals surface area contributed by atoms with Crippen molar-refractivity contribution >= 4 is 5.69 Å². The van der Waals surface area contributed by atoms with Crippen LogP contribution in [0.3, 0.4) is 0 Å². The van der Waals surface area contributed by atoms with Crippen LogP contribution in [-0.4, -0.2) is 44.2 Å². The van der Waals surface area contributed by atoms with Crippen LogP contribution in [0.25, 0.3) is 0 Å². The van der Waals surface area contributed by atoms with Crippen molar-refractivity contribution in [2.45, 2.75) is 51.6 Å². The topological polar surface area (TPSA) is 32.5 Å². The molecule has 1 fully saturated rings. The largest absolute Gasteiger partial charge is 0.370 e. The number of hydrogen-bond donors (Lipinski definition) is 1. The van der Waals surface area contributed by atoms with E-state index in [1.165, 1.54) is 36.2 Å². The van der Waals surface area contributed by atoms with E-state index in [0.717, 1.165) is 19.4 Å². The van der Waals surface area contributed by atoms with Crippen LogP contribution < -0.4 is 10.6 Å². The minimum absolute atomic E-state index is 0.257. The zero-order valence-corrected chi connectivity index (χ0v) is 14.1. The molecule has 2 N–H and O–H groups in total. The van der Waals surface area contributed by atoms with E-state index in [4.69, 9.17) is 5.73 Å². The molecule has 1 saturated heterocycles. The molecule has 0 bridgehead atoms. The summed E-state index contributed by atoms with van der Waals surface area (Å²) in [6, 6.07) is 7.69. The van der Waals surface area contributed by atoms with E-state index in [2.05, 4.69) is 55.9 Å². The van der Waals surface area contributed by atoms with Crippen molar-refractivity contribution < 1.29 is 0 Å². The van der Waals surface area contributed by atoms with Gasteiger partial charge < -0.3 is 15.5 Å². The molecular weight excluding hydrogens is 258 g/mol. The first-order valence-corrected chi connectivity index (χ1v) is 8.27. The molecule has 1 aliphatic heterocycles. The number of hydrogen-bond acceptors (Lipinski definition) is 3. The second-order valence-electron chi connectivity index (χ2n) is 6.67. The molecule has 21 heavy (non-hydrogen) atoms. The Balaban J connectivity index is 2.20. The Labute approximate surface area is 130 Å². The van der Waals surface area contributed by atoms with Gasteiger partial charge in [0.1, 0.15) is 0 Å². The Hall–Kier alpha value is -1.06. The first-order chi connectivity index (χ1) is 10.0. The molecule has 3 nitrogen and oxygen atoms in total. The zero-order chi connectivity index (χ0) is 15.4. The number of benzene rings is 1. The van der Waals surface area contributed by atoms with Crippen molar-refractivity contribution in [2.24, 2.45) is 5.73 Å². The van der Waals surface area contributed by atoms with Gasteiger partial charge in [-0.25, -0.2) is 0 Å². The van der Waals surface area contributed by atoms with Crippen molar-refractivity contribution in [2.75, 3.05) is 32.1 Å². The summed E-state index contributed by atoms with van der Waals surface area (Å²) >= 11 is 0. The van der Waals surface area contributed by atoms with Gasteiger partial charge in [-0.3, -0.25) is 0 Å². The van der Waals surface area contributed by atoms with Crippen LogP contribution in [0, 0.1) is 6.92 Å². The average Bonchev–Trinajstić information content (AvgIpc) is 2.46. The number of likely N-dealkylation sites (N-methyl/N-ethyl adjacent to an activating group) is 2. The van der Waals surface area contributed by atoms with Crippen molar-refractivity contribution in [1.29, 1.82) is 0 Å². The number of anilines is 1. The maximum atomic E-state index is 6.20. The highest BCUT2D eigenvalue weighted by Crippen LogP contribution is 2.27. The van der Waals surface area contributed by atoms with Gasteiger partial charge in [0.05, 0.1) is 0 Å². The van der Waals surface area contributed by atoms with Crippen molar-refractivity contribution in [3.8, 4) is 0 Å². The lowest BCUT2D eigenvalue weighted by Gasteiger charge is -2.38. The molecule has 1 aromatic carbocycles. The van der Waals surface area contributed by atoms with E-state index in [9.17, 15) is 0 Å². The summed E-state index contributed by atoms with van der Waals surface area (Å²) in [6.45, 7) is 6.72. The highest BCUT2D eigenvalue weighted by atomic mass is 15.2. The van der Waals surface area contributed by atoms with Crippen molar-refractivity contribution in [1.82, 2.24) is 4.90 Å². The Kier molecular flexibility index (Phi) is 5.65. The summed E-state index contributed by atoms with van der Waals surface area (Å²) in [4.78, 5) is 4.92. The second kappa shape index (κ2) is 7.28. The number of rotatable bonds is 5. The van der Waals surface area contributed by atoms with Gasteiger partial charge in [0.2, 0.25) is 0 Å². The summed E-state index contributed by atoms with van der Waals surface area (Å²) in [7, 11) is 4.47. The van der Waals surface area contributed by atoms with Crippen LogP contribution in [0.2, 0.25) is 0 Å². The van der Waals surface area contributed by atoms with Gasteiger partial charge in [0.25, 0.3) is 0 Å². The molecule has 0 aromatic heterocycles. The first kappa shape index (κ1) is 16.3. The van der Waals surface area contributed by atoms with Gasteiger partial charge in [-0.05, 0) is 57.8 Å². The highest BCUT2D eigenvalue weighted by Gasteiger charge is 2.23. The average molecular weight is 289 g/mol. The van der Waals surface area contributed by atoms with Gasteiger partial charge in [-0.1, -0.05) is 24.6 Å². The van der Waals surface area contributed by atoms with E-state index in [1.807, 2.05) is 0 Å². The van der Waals surface area contributed by atoms with Gasteiger partial charge >= 0.3 is 0 Å². The summed E-state index contributed by atoms with van der Waals surface area (Å²) in [5, 5.41) is 0.